The first-order chi connectivity index (χ1) is 6.72. The number of amides is 1. The van der Waals surface area contributed by atoms with Crippen LogP contribution in [0.2, 0.25) is 0 Å². The van der Waals surface area contributed by atoms with Crippen LogP contribution in [0.15, 0.2) is 36.9 Å². The maximum Gasteiger partial charge on any atom is 0.283 e. The van der Waals surface area contributed by atoms with Crippen LogP contribution in [0.5, 0.6) is 0 Å². The summed E-state index contributed by atoms with van der Waals surface area (Å²) in [6.45, 7) is 5.56. The fourth-order valence-electron chi connectivity index (χ4n) is 0.925. The molecule has 3 heteroatoms. The average molecular weight is 207 g/mol. The zero-order valence-electron chi connectivity index (χ0n) is 8.12. The first-order valence-corrected chi connectivity index (χ1v) is 5.32. The van der Waals surface area contributed by atoms with Crippen molar-refractivity contribution in [3.8, 4) is 0 Å². The van der Waals surface area contributed by atoms with Crippen LogP contribution in [-0.2, 0) is 0 Å². The summed E-state index contributed by atoms with van der Waals surface area (Å²) in [6.07, 6.45) is 1.71. The number of hydrogen-bond donors (Lipinski definition) is 1. The Bertz CT molecular complexity index is 319. The highest BCUT2D eigenvalue weighted by atomic mass is 32.2. The van der Waals surface area contributed by atoms with Crippen molar-refractivity contribution in [2.45, 2.75) is 6.92 Å². The van der Waals surface area contributed by atoms with Crippen LogP contribution in [0.1, 0.15) is 5.56 Å². The molecule has 0 atom stereocenters. The van der Waals surface area contributed by atoms with E-state index in [0.29, 0.717) is 5.75 Å². The molecule has 1 amide bonds. The molecule has 0 unspecified atom stereocenters. The molecule has 0 bridgehead atoms. The third kappa shape index (κ3) is 3.66. The first-order valence-electron chi connectivity index (χ1n) is 4.33. The molecule has 0 aliphatic rings. The molecule has 0 aliphatic heterocycles. The van der Waals surface area contributed by atoms with E-state index >= 15 is 0 Å². The molecule has 1 N–H and O–H groups in total. The quantitative estimate of drug-likeness (QED) is 0.769. The summed E-state index contributed by atoms with van der Waals surface area (Å²) in [5.74, 6) is 0.637. The molecule has 0 saturated heterocycles. The minimum atomic E-state index is -0.0475. The van der Waals surface area contributed by atoms with Crippen LogP contribution < -0.4 is 5.32 Å². The van der Waals surface area contributed by atoms with Crippen LogP contribution in [-0.4, -0.2) is 11.0 Å². The van der Waals surface area contributed by atoms with Gasteiger partial charge in [0.1, 0.15) is 0 Å². The van der Waals surface area contributed by atoms with Gasteiger partial charge in [0.05, 0.1) is 0 Å². The van der Waals surface area contributed by atoms with Crippen LogP contribution in [0, 0.1) is 6.92 Å². The minimum Gasteiger partial charge on any atom is -0.317 e. The molecule has 0 aliphatic carbocycles. The minimum absolute atomic E-state index is 0.0475. The molecule has 1 aromatic carbocycles. The van der Waals surface area contributed by atoms with Gasteiger partial charge in [-0.2, -0.15) is 0 Å². The molecular formula is C11H13NOS. The van der Waals surface area contributed by atoms with Crippen LogP contribution in [0.25, 0.3) is 0 Å². The molecular weight excluding hydrogens is 194 g/mol. The van der Waals surface area contributed by atoms with Gasteiger partial charge in [-0.15, -0.1) is 6.58 Å². The summed E-state index contributed by atoms with van der Waals surface area (Å²) in [6, 6.07) is 7.71. The van der Waals surface area contributed by atoms with E-state index in [1.54, 1.807) is 6.08 Å². The van der Waals surface area contributed by atoms with Gasteiger partial charge in [-0.25, -0.2) is 0 Å². The molecule has 0 radical (unpaired) electrons. The molecule has 2 nitrogen and oxygen atoms in total. The monoisotopic (exact) mass is 207 g/mol. The second kappa shape index (κ2) is 5.50. The molecule has 0 heterocycles. The van der Waals surface area contributed by atoms with Gasteiger partial charge in [0.25, 0.3) is 5.24 Å². The van der Waals surface area contributed by atoms with Crippen molar-refractivity contribution in [1.29, 1.82) is 0 Å². The topological polar surface area (TPSA) is 29.1 Å². The number of rotatable bonds is 3. The molecule has 1 rings (SSSR count). The Balaban J connectivity index is 2.47. The highest BCUT2D eigenvalue weighted by Crippen LogP contribution is 2.12. The lowest BCUT2D eigenvalue weighted by atomic mass is 10.2. The lowest BCUT2D eigenvalue weighted by Gasteiger charge is -2.03. The van der Waals surface area contributed by atoms with E-state index in [2.05, 4.69) is 11.9 Å². The Morgan fingerprint density at radius 1 is 1.50 bits per heavy atom. The van der Waals surface area contributed by atoms with Crippen molar-refractivity contribution >= 4 is 22.7 Å². The van der Waals surface area contributed by atoms with Gasteiger partial charge in [-0.05, 0) is 19.1 Å². The van der Waals surface area contributed by atoms with E-state index in [9.17, 15) is 4.79 Å². The lowest BCUT2D eigenvalue weighted by molar-refractivity contribution is 0.270. The Labute approximate surface area is 88.4 Å². The van der Waals surface area contributed by atoms with E-state index in [4.69, 9.17) is 0 Å². The van der Waals surface area contributed by atoms with Gasteiger partial charge in [0.2, 0.25) is 0 Å². The molecule has 0 saturated carbocycles. The number of carbonyl (C=O) groups is 1. The zero-order chi connectivity index (χ0) is 10.4. The van der Waals surface area contributed by atoms with Gasteiger partial charge in [-0.1, -0.05) is 35.5 Å². The average Bonchev–Trinajstić information content (AvgIpc) is 2.18. The SMILES string of the molecule is C=CCSC(=O)Nc1ccc(C)cc1. The highest BCUT2D eigenvalue weighted by Gasteiger charge is 2.00. The largest absolute Gasteiger partial charge is 0.317 e. The predicted octanol–water partition coefficient (Wildman–Crippen LogP) is 3.45. The van der Waals surface area contributed by atoms with Crippen molar-refractivity contribution in [1.82, 2.24) is 0 Å². The third-order valence-corrected chi connectivity index (χ3v) is 2.40. The van der Waals surface area contributed by atoms with Crippen molar-refractivity contribution in [2.24, 2.45) is 0 Å². The Morgan fingerprint density at radius 2 is 2.14 bits per heavy atom. The standard InChI is InChI=1S/C11H13NOS/c1-3-8-14-11(13)12-10-6-4-9(2)5-7-10/h3-7H,1,8H2,2H3,(H,12,13). The molecule has 74 valence electrons. The van der Waals surface area contributed by atoms with Crippen molar-refractivity contribution in [2.75, 3.05) is 11.1 Å². The highest BCUT2D eigenvalue weighted by molar-refractivity contribution is 8.14. The normalized spacial score (nSPS) is 9.50. The van der Waals surface area contributed by atoms with E-state index in [1.165, 1.54) is 17.3 Å². The molecule has 14 heavy (non-hydrogen) atoms. The summed E-state index contributed by atoms with van der Waals surface area (Å²) in [4.78, 5) is 11.3. The number of nitrogens with one attached hydrogen (secondary N) is 1. The van der Waals surface area contributed by atoms with Gasteiger partial charge >= 0.3 is 0 Å². The maximum absolute atomic E-state index is 11.3. The first kappa shape index (κ1) is 10.9. The van der Waals surface area contributed by atoms with Crippen LogP contribution in [0.4, 0.5) is 10.5 Å². The number of aryl methyl sites for hydroxylation is 1. The maximum atomic E-state index is 11.3. The van der Waals surface area contributed by atoms with E-state index < -0.39 is 0 Å². The second-order valence-corrected chi connectivity index (χ2v) is 3.87. The van der Waals surface area contributed by atoms with E-state index in [0.717, 1.165) is 5.69 Å². The van der Waals surface area contributed by atoms with Gasteiger partial charge in [0.15, 0.2) is 0 Å². The molecule has 0 spiro atoms. The smallest absolute Gasteiger partial charge is 0.283 e. The number of carbonyl (C=O) groups excluding carboxylic acids is 1. The van der Waals surface area contributed by atoms with Crippen molar-refractivity contribution in [3.63, 3.8) is 0 Å². The molecule has 0 aromatic heterocycles. The number of benzene rings is 1. The predicted molar refractivity (Wildman–Crippen MR) is 62.9 cm³/mol. The number of hydrogen-bond acceptors (Lipinski definition) is 2. The van der Waals surface area contributed by atoms with Crippen molar-refractivity contribution in [3.05, 3.63) is 42.5 Å². The fraction of sp³-hybridized carbons (Fsp3) is 0.182. The molecule has 0 fully saturated rings. The summed E-state index contributed by atoms with van der Waals surface area (Å²) >= 11 is 1.21. The van der Waals surface area contributed by atoms with Crippen LogP contribution >= 0.6 is 11.8 Å². The van der Waals surface area contributed by atoms with Crippen molar-refractivity contribution < 1.29 is 4.79 Å². The summed E-state index contributed by atoms with van der Waals surface area (Å²) in [5.41, 5.74) is 2.01. The Hall–Kier alpha value is -1.22. The Kier molecular flexibility index (Phi) is 4.26. The Morgan fingerprint density at radius 3 is 2.71 bits per heavy atom. The zero-order valence-corrected chi connectivity index (χ0v) is 8.93. The summed E-state index contributed by atoms with van der Waals surface area (Å²) < 4.78 is 0. The summed E-state index contributed by atoms with van der Waals surface area (Å²) in [7, 11) is 0. The van der Waals surface area contributed by atoms with E-state index in [1.807, 2.05) is 31.2 Å². The third-order valence-electron chi connectivity index (χ3n) is 1.63. The van der Waals surface area contributed by atoms with Gasteiger partial charge < -0.3 is 5.32 Å². The summed E-state index contributed by atoms with van der Waals surface area (Å²) in [5, 5.41) is 2.73. The molecule has 1 aromatic rings. The van der Waals surface area contributed by atoms with Crippen LogP contribution in [0.3, 0.4) is 0 Å². The van der Waals surface area contributed by atoms with Gasteiger partial charge in [0, 0.05) is 11.4 Å². The number of anilines is 1. The second-order valence-electron chi connectivity index (χ2n) is 2.88. The van der Waals surface area contributed by atoms with Gasteiger partial charge in [-0.3, -0.25) is 4.79 Å². The number of thioether (sulfide) groups is 1. The lowest BCUT2D eigenvalue weighted by Crippen LogP contribution is -2.04. The fourth-order valence-corrected chi connectivity index (χ4v) is 1.38. The van der Waals surface area contributed by atoms with E-state index in [-0.39, 0.29) is 5.24 Å².